The SMILES string of the molecule is CCCC(C)C(=O)Nc1cccc(CCCO)c1. The van der Waals surface area contributed by atoms with Crippen LogP contribution in [0.1, 0.15) is 38.7 Å². The molecule has 1 amide bonds. The maximum Gasteiger partial charge on any atom is 0.227 e. The number of hydrogen-bond donors (Lipinski definition) is 2. The van der Waals surface area contributed by atoms with E-state index >= 15 is 0 Å². The summed E-state index contributed by atoms with van der Waals surface area (Å²) in [7, 11) is 0. The highest BCUT2D eigenvalue weighted by molar-refractivity contribution is 5.92. The summed E-state index contributed by atoms with van der Waals surface area (Å²) >= 11 is 0. The Hall–Kier alpha value is -1.35. The van der Waals surface area contributed by atoms with E-state index in [0.717, 1.165) is 36.9 Å². The van der Waals surface area contributed by atoms with Gasteiger partial charge in [0.25, 0.3) is 0 Å². The molecule has 100 valence electrons. The van der Waals surface area contributed by atoms with Crippen molar-refractivity contribution in [2.24, 2.45) is 5.92 Å². The van der Waals surface area contributed by atoms with Gasteiger partial charge in [0.15, 0.2) is 0 Å². The molecule has 0 fully saturated rings. The second kappa shape index (κ2) is 7.88. The largest absolute Gasteiger partial charge is 0.396 e. The van der Waals surface area contributed by atoms with Gasteiger partial charge < -0.3 is 10.4 Å². The monoisotopic (exact) mass is 249 g/mol. The molecule has 0 spiro atoms. The van der Waals surface area contributed by atoms with Crippen LogP contribution < -0.4 is 5.32 Å². The summed E-state index contributed by atoms with van der Waals surface area (Å²) in [5.74, 6) is 0.132. The van der Waals surface area contributed by atoms with E-state index in [1.165, 1.54) is 0 Å². The molecule has 1 unspecified atom stereocenters. The van der Waals surface area contributed by atoms with Gasteiger partial charge in [-0.3, -0.25) is 4.79 Å². The van der Waals surface area contributed by atoms with E-state index in [1.54, 1.807) is 0 Å². The lowest BCUT2D eigenvalue weighted by atomic mass is 10.0. The van der Waals surface area contributed by atoms with Crippen LogP contribution in [0.2, 0.25) is 0 Å². The minimum absolute atomic E-state index is 0.0519. The molecule has 0 aliphatic carbocycles. The van der Waals surface area contributed by atoms with E-state index < -0.39 is 0 Å². The van der Waals surface area contributed by atoms with Crippen LogP contribution in [0.3, 0.4) is 0 Å². The standard InChI is InChI=1S/C15H23NO2/c1-3-6-12(2)15(18)16-14-9-4-7-13(11-14)8-5-10-17/h4,7,9,11-12,17H,3,5-6,8,10H2,1-2H3,(H,16,18). The Balaban J connectivity index is 2.58. The fourth-order valence-electron chi connectivity index (χ4n) is 1.92. The van der Waals surface area contributed by atoms with Gasteiger partial charge in [-0.1, -0.05) is 32.4 Å². The summed E-state index contributed by atoms with van der Waals surface area (Å²) in [6.07, 6.45) is 3.52. The van der Waals surface area contributed by atoms with Gasteiger partial charge in [-0.05, 0) is 37.0 Å². The summed E-state index contributed by atoms with van der Waals surface area (Å²) in [6.45, 7) is 4.23. The molecular weight excluding hydrogens is 226 g/mol. The minimum atomic E-state index is 0.0519. The van der Waals surface area contributed by atoms with Gasteiger partial charge in [-0.25, -0.2) is 0 Å². The van der Waals surface area contributed by atoms with Crippen molar-refractivity contribution in [3.05, 3.63) is 29.8 Å². The van der Waals surface area contributed by atoms with Gasteiger partial charge in [0, 0.05) is 18.2 Å². The molecule has 1 aromatic carbocycles. The van der Waals surface area contributed by atoms with Crippen molar-refractivity contribution in [3.63, 3.8) is 0 Å². The highest BCUT2D eigenvalue weighted by Crippen LogP contribution is 2.14. The van der Waals surface area contributed by atoms with Gasteiger partial charge in [0.05, 0.1) is 0 Å². The van der Waals surface area contributed by atoms with Crippen LogP contribution in [0.4, 0.5) is 5.69 Å². The van der Waals surface area contributed by atoms with Crippen molar-refractivity contribution in [2.45, 2.75) is 39.5 Å². The smallest absolute Gasteiger partial charge is 0.227 e. The van der Waals surface area contributed by atoms with Gasteiger partial charge in [-0.2, -0.15) is 0 Å². The summed E-state index contributed by atoms with van der Waals surface area (Å²) in [4.78, 5) is 11.9. The zero-order valence-electron chi connectivity index (χ0n) is 11.3. The molecule has 0 saturated heterocycles. The van der Waals surface area contributed by atoms with E-state index in [9.17, 15) is 4.79 Å². The molecule has 0 radical (unpaired) electrons. The summed E-state index contributed by atoms with van der Waals surface area (Å²) < 4.78 is 0. The average Bonchev–Trinajstić information content (AvgIpc) is 2.37. The molecule has 18 heavy (non-hydrogen) atoms. The van der Waals surface area contributed by atoms with Crippen molar-refractivity contribution in [1.82, 2.24) is 0 Å². The van der Waals surface area contributed by atoms with Crippen molar-refractivity contribution in [1.29, 1.82) is 0 Å². The van der Waals surface area contributed by atoms with Crippen LogP contribution in [-0.4, -0.2) is 17.6 Å². The first-order valence-corrected chi connectivity index (χ1v) is 6.68. The third-order valence-corrected chi connectivity index (χ3v) is 2.99. The Morgan fingerprint density at radius 2 is 2.22 bits per heavy atom. The number of hydrogen-bond acceptors (Lipinski definition) is 2. The third-order valence-electron chi connectivity index (χ3n) is 2.99. The van der Waals surface area contributed by atoms with Gasteiger partial charge in [-0.15, -0.1) is 0 Å². The molecule has 3 heteroatoms. The Kier molecular flexibility index (Phi) is 6.44. The topological polar surface area (TPSA) is 49.3 Å². The van der Waals surface area contributed by atoms with Crippen LogP contribution in [0.25, 0.3) is 0 Å². The molecular formula is C15H23NO2. The predicted octanol–water partition coefficient (Wildman–Crippen LogP) is 2.99. The normalized spacial score (nSPS) is 12.2. The molecule has 0 bridgehead atoms. The Labute approximate surface area is 109 Å². The van der Waals surface area contributed by atoms with Crippen molar-refractivity contribution < 1.29 is 9.90 Å². The summed E-state index contributed by atoms with van der Waals surface area (Å²) in [6, 6.07) is 7.83. The fraction of sp³-hybridized carbons (Fsp3) is 0.533. The molecule has 0 aliphatic rings. The van der Waals surface area contributed by atoms with E-state index in [-0.39, 0.29) is 18.4 Å². The lowest BCUT2D eigenvalue weighted by Gasteiger charge is -2.12. The minimum Gasteiger partial charge on any atom is -0.396 e. The number of aryl methyl sites for hydroxylation is 1. The fourth-order valence-corrected chi connectivity index (χ4v) is 1.92. The number of amides is 1. The van der Waals surface area contributed by atoms with E-state index in [4.69, 9.17) is 5.11 Å². The summed E-state index contributed by atoms with van der Waals surface area (Å²) in [5.41, 5.74) is 1.99. The molecule has 1 atom stereocenters. The number of carbonyl (C=O) groups is 1. The van der Waals surface area contributed by atoms with Gasteiger partial charge in [0.2, 0.25) is 5.91 Å². The van der Waals surface area contributed by atoms with Gasteiger partial charge >= 0.3 is 0 Å². The number of aliphatic hydroxyl groups excluding tert-OH is 1. The molecule has 0 heterocycles. The van der Waals surface area contributed by atoms with E-state index in [0.29, 0.717) is 0 Å². The molecule has 3 nitrogen and oxygen atoms in total. The quantitative estimate of drug-likeness (QED) is 0.780. The number of anilines is 1. The maximum atomic E-state index is 11.9. The van der Waals surface area contributed by atoms with Crippen LogP contribution in [0.5, 0.6) is 0 Å². The number of benzene rings is 1. The number of rotatable bonds is 7. The molecule has 1 rings (SSSR count). The number of aliphatic hydroxyl groups is 1. The molecule has 0 saturated carbocycles. The first-order chi connectivity index (χ1) is 8.67. The Bertz CT molecular complexity index is 377. The Morgan fingerprint density at radius 3 is 2.89 bits per heavy atom. The predicted molar refractivity (Wildman–Crippen MR) is 74.6 cm³/mol. The van der Waals surface area contributed by atoms with Crippen molar-refractivity contribution in [2.75, 3.05) is 11.9 Å². The van der Waals surface area contributed by atoms with Crippen molar-refractivity contribution in [3.8, 4) is 0 Å². The van der Waals surface area contributed by atoms with Crippen molar-refractivity contribution >= 4 is 11.6 Å². The average molecular weight is 249 g/mol. The number of nitrogens with one attached hydrogen (secondary N) is 1. The van der Waals surface area contributed by atoms with Gasteiger partial charge in [0.1, 0.15) is 0 Å². The Morgan fingerprint density at radius 1 is 1.44 bits per heavy atom. The van der Waals surface area contributed by atoms with Crippen LogP contribution in [0.15, 0.2) is 24.3 Å². The highest BCUT2D eigenvalue weighted by Gasteiger charge is 2.11. The molecule has 2 N–H and O–H groups in total. The first-order valence-electron chi connectivity index (χ1n) is 6.68. The van der Waals surface area contributed by atoms with Crippen LogP contribution >= 0.6 is 0 Å². The second-order valence-corrected chi connectivity index (χ2v) is 4.71. The maximum absolute atomic E-state index is 11.9. The molecule has 0 aliphatic heterocycles. The first kappa shape index (κ1) is 14.7. The lowest BCUT2D eigenvalue weighted by Crippen LogP contribution is -2.20. The molecule has 0 aromatic heterocycles. The zero-order valence-corrected chi connectivity index (χ0v) is 11.3. The van der Waals surface area contributed by atoms with Crippen LogP contribution in [0, 0.1) is 5.92 Å². The third kappa shape index (κ3) is 4.88. The van der Waals surface area contributed by atoms with E-state index in [1.807, 2.05) is 31.2 Å². The van der Waals surface area contributed by atoms with Crippen LogP contribution in [-0.2, 0) is 11.2 Å². The van der Waals surface area contributed by atoms with E-state index in [2.05, 4.69) is 12.2 Å². The zero-order chi connectivity index (χ0) is 13.4. The number of carbonyl (C=O) groups excluding carboxylic acids is 1. The lowest BCUT2D eigenvalue weighted by molar-refractivity contribution is -0.119. The summed E-state index contributed by atoms with van der Waals surface area (Å²) in [5, 5.41) is 11.7. The molecule has 1 aromatic rings. The second-order valence-electron chi connectivity index (χ2n) is 4.71. The highest BCUT2D eigenvalue weighted by atomic mass is 16.2.